The van der Waals surface area contributed by atoms with Crippen LogP contribution in [0.1, 0.15) is 20.8 Å². The zero-order valence-corrected chi connectivity index (χ0v) is 17.3. The van der Waals surface area contributed by atoms with Crippen molar-refractivity contribution >= 4 is 33.3 Å². The molecular formula is C20H22N4O4S. The Labute approximate surface area is 172 Å². The van der Waals surface area contributed by atoms with Crippen LogP contribution >= 0.6 is 11.3 Å². The maximum absolute atomic E-state index is 12.8. The van der Waals surface area contributed by atoms with Crippen LogP contribution in [0.5, 0.6) is 11.5 Å². The first-order valence-corrected chi connectivity index (χ1v) is 10.0. The van der Waals surface area contributed by atoms with Gasteiger partial charge in [0, 0.05) is 27.2 Å². The Balaban J connectivity index is 1.57. The second-order valence-electron chi connectivity index (χ2n) is 6.72. The van der Waals surface area contributed by atoms with Gasteiger partial charge in [-0.1, -0.05) is 6.07 Å². The van der Waals surface area contributed by atoms with Gasteiger partial charge in [-0.3, -0.25) is 4.79 Å². The Morgan fingerprint density at radius 3 is 2.97 bits per heavy atom. The molecule has 0 radical (unpaired) electrons. The third-order valence-corrected chi connectivity index (χ3v) is 5.98. The number of nitrogens with zero attached hydrogens (tertiary/aromatic N) is 3. The molecule has 0 unspecified atom stereocenters. The minimum atomic E-state index is -0.0377. The van der Waals surface area contributed by atoms with E-state index < -0.39 is 0 Å². The number of nitrogens with one attached hydrogen (secondary N) is 1. The monoisotopic (exact) mass is 414 g/mol. The maximum atomic E-state index is 12.8. The van der Waals surface area contributed by atoms with Crippen molar-refractivity contribution in [1.82, 2.24) is 14.9 Å². The summed E-state index contributed by atoms with van der Waals surface area (Å²) in [6.45, 7) is 3.78. The van der Waals surface area contributed by atoms with Crippen molar-refractivity contribution in [2.75, 3.05) is 39.4 Å². The van der Waals surface area contributed by atoms with E-state index >= 15 is 0 Å². The van der Waals surface area contributed by atoms with Gasteiger partial charge in [-0.05, 0) is 30.2 Å². The standard InChI is InChI=1S/C20H22N4O4S/c1-12-16-18(21-9-13-4-5-14-15(8-13)28-11-27-14)22-10-23-19(16)29-17(12)20(25)24(2)6-7-26-3/h4-5,8,10H,6-7,9,11H2,1-3H3,(H,21,22,23). The van der Waals surface area contributed by atoms with Crippen molar-refractivity contribution in [2.45, 2.75) is 13.5 Å². The highest BCUT2D eigenvalue weighted by atomic mass is 32.1. The minimum absolute atomic E-state index is 0.0377. The number of carbonyl (C=O) groups excluding carboxylic acids is 1. The van der Waals surface area contributed by atoms with Crippen LogP contribution < -0.4 is 14.8 Å². The molecule has 3 heterocycles. The van der Waals surface area contributed by atoms with Gasteiger partial charge in [0.2, 0.25) is 6.79 Å². The van der Waals surface area contributed by atoms with Crippen LogP contribution in [0.2, 0.25) is 0 Å². The summed E-state index contributed by atoms with van der Waals surface area (Å²) in [7, 11) is 3.40. The fraction of sp³-hybridized carbons (Fsp3) is 0.350. The van der Waals surface area contributed by atoms with E-state index in [2.05, 4.69) is 15.3 Å². The number of benzene rings is 1. The second-order valence-corrected chi connectivity index (χ2v) is 7.72. The van der Waals surface area contributed by atoms with Gasteiger partial charge in [0.05, 0.1) is 16.9 Å². The molecule has 1 N–H and O–H groups in total. The van der Waals surface area contributed by atoms with Crippen molar-refractivity contribution in [3.63, 3.8) is 0 Å². The average molecular weight is 414 g/mol. The third-order valence-electron chi connectivity index (χ3n) is 4.80. The number of hydrogen-bond donors (Lipinski definition) is 1. The fourth-order valence-corrected chi connectivity index (χ4v) is 4.29. The van der Waals surface area contributed by atoms with E-state index in [-0.39, 0.29) is 12.7 Å². The van der Waals surface area contributed by atoms with E-state index in [1.165, 1.54) is 17.7 Å². The largest absolute Gasteiger partial charge is 0.454 e. The summed E-state index contributed by atoms with van der Waals surface area (Å²) in [6, 6.07) is 5.84. The first-order chi connectivity index (χ1) is 14.1. The van der Waals surface area contributed by atoms with E-state index in [0.717, 1.165) is 32.8 Å². The lowest BCUT2D eigenvalue weighted by Crippen LogP contribution is -2.29. The molecule has 1 aromatic carbocycles. The van der Waals surface area contributed by atoms with Crippen LogP contribution in [0.4, 0.5) is 5.82 Å². The molecule has 9 heteroatoms. The zero-order valence-electron chi connectivity index (χ0n) is 16.5. The normalized spacial score (nSPS) is 12.4. The second kappa shape index (κ2) is 8.22. The smallest absolute Gasteiger partial charge is 0.264 e. The zero-order chi connectivity index (χ0) is 20.4. The van der Waals surface area contributed by atoms with Crippen molar-refractivity contribution in [3.8, 4) is 11.5 Å². The lowest BCUT2D eigenvalue weighted by molar-refractivity contribution is 0.0748. The molecule has 0 fully saturated rings. The first kappa shape index (κ1) is 19.4. The number of aromatic nitrogens is 2. The Bertz CT molecular complexity index is 1050. The summed E-state index contributed by atoms with van der Waals surface area (Å²) in [4.78, 5) is 24.7. The summed E-state index contributed by atoms with van der Waals surface area (Å²) in [6.07, 6.45) is 1.52. The molecule has 1 amide bonds. The molecule has 0 saturated heterocycles. The van der Waals surface area contributed by atoms with E-state index in [9.17, 15) is 4.79 Å². The number of anilines is 1. The Morgan fingerprint density at radius 2 is 2.14 bits per heavy atom. The molecule has 8 nitrogen and oxygen atoms in total. The summed E-state index contributed by atoms with van der Waals surface area (Å²) in [5, 5.41) is 4.24. The molecular weight excluding hydrogens is 392 g/mol. The molecule has 0 aliphatic carbocycles. The number of rotatable bonds is 7. The summed E-state index contributed by atoms with van der Waals surface area (Å²) in [5.74, 6) is 2.17. The molecule has 4 rings (SSSR count). The van der Waals surface area contributed by atoms with Crippen LogP contribution in [0.25, 0.3) is 10.2 Å². The quantitative estimate of drug-likeness (QED) is 0.636. The highest BCUT2D eigenvalue weighted by molar-refractivity contribution is 7.20. The molecule has 3 aromatic rings. The lowest BCUT2D eigenvalue weighted by atomic mass is 10.1. The fourth-order valence-electron chi connectivity index (χ4n) is 3.15. The molecule has 0 spiro atoms. The van der Waals surface area contributed by atoms with Crippen molar-refractivity contribution in [1.29, 1.82) is 0 Å². The Morgan fingerprint density at radius 1 is 1.31 bits per heavy atom. The van der Waals surface area contributed by atoms with Crippen molar-refractivity contribution in [3.05, 3.63) is 40.5 Å². The first-order valence-electron chi connectivity index (χ1n) is 9.19. The van der Waals surface area contributed by atoms with Crippen molar-refractivity contribution < 1.29 is 19.0 Å². The van der Waals surface area contributed by atoms with Gasteiger partial charge in [-0.2, -0.15) is 0 Å². The van der Waals surface area contributed by atoms with E-state index in [0.29, 0.717) is 30.4 Å². The van der Waals surface area contributed by atoms with Crippen LogP contribution in [-0.4, -0.2) is 54.9 Å². The van der Waals surface area contributed by atoms with Gasteiger partial charge < -0.3 is 24.4 Å². The number of fused-ring (bicyclic) bond motifs is 2. The number of likely N-dealkylation sites (N-methyl/N-ethyl adjacent to an activating group) is 1. The van der Waals surface area contributed by atoms with Gasteiger partial charge in [0.1, 0.15) is 17.0 Å². The minimum Gasteiger partial charge on any atom is -0.454 e. The molecule has 2 aromatic heterocycles. The van der Waals surface area contributed by atoms with E-state index in [1.54, 1.807) is 19.1 Å². The number of aryl methyl sites for hydroxylation is 1. The predicted octanol–water partition coefficient (Wildman–Crippen LogP) is 3.06. The van der Waals surface area contributed by atoms with Crippen LogP contribution in [0.15, 0.2) is 24.5 Å². The van der Waals surface area contributed by atoms with E-state index in [4.69, 9.17) is 14.2 Å². The molecule has 1 aliphatic heterocycles. The number of ether oxygens (including phenoxy) is 3. The van der Waals surface area contributed by atoms with Gasteiger partial charge in [-0.15, -0.1) is 11.3 Å². The van der Waals surface area contributed by atoms with Crippen molar-refractivity contribution in [2.24, 2.45) is 0 Å². The molecule has 152 valence electrons. The number of hydrogen-bond acceptors (Lipinski definition) is 8. The summed E-state index contributed by atoms with van der Waals surface area (Å²) < 4.78 is 15.9. The SMILES string of the molecule is COCCN(C)C(=O)c1sc2ncnc(NCc3ccc4c(c3)OCO4)c2c1C. The number of thiophene rings is 1. The van der Waals surface area contributed by atoms with Gasteiger partial charge in [0.15, 0.2) is 11.5 Å². The molecule has 1 aliphatic rings. The molecule has 0 bridgehead atoms. The topological polar surface area (TPSA) is 85.8 Å². The maximum Gasteiger partial charge on any atom is 0.264 e. The van der Waals surface area contributed by atoms with Crippen LogP contribution in [0, 0.1) is 6.92 Å². The average Bonchev–Trinajstić information content (AvgIpc) is 3.34. The molecule has 0 atom stereocenters. The van der Waals surface area contributed by atoms with Gasteiger partial charge >= 0.3 is 0 Å². The van der Waals surface area contributed by atoms with Gasteiger partial charge in [-0.25, -0.2) is 9.97 Å². The number of carbonyl (C=O) groups is 1. The lowest BCUT2D eigenvalue weighted by Gasteiger charge is -2.16. The number of methoxy groups -OCH3 is 1. The highest BCUT2D eigenvalue weighted by Gasteiger charge is 2.22. The Kier molecular flexibility index (Phi) is 5.50. The highest BCUT2D eigenvalue weighted by Crippen LogP contribution is 2.35. The van der Waals surface area contributed by atoms with E-state index in [1.807, 2.05) is 25.1 Å². The summed E-state index contributed by atoms with van der Waals surface area (Å²) in [5.41, 5.74) is 1.93. The molecule has 0 saturated carbocycles. The van der Waals surface area contributed by atoms with Crippen LogP contribution in [-0.2, 0) is 11.3 Å². The summed E-state index contributed by atoms with van der Waals surface area (Å²) >= 11 is 1.39. The number of amides is 1. The Hall–Kier alpha value is -2.91. The third kappa shape index (κ3) is 3.83. The van der Waals surface area contributed by atoms with Crippen LogP contribution in [0.3, 0.4) is 0 Å². The predicted molar refractivity (Wildman–Crippen MR) is 111 cm³/mol. The van der Waals surface area contributed by atoms with Gasteiger partial charge in [0.25, 0.3) is 5.91 Å². The molecule has 29 heavy (non-hydrogen) atoms.